The number of phenols is 2. The van der Waals surface area contributed by atoms with Crippen molar-refractivity contribution >= 4 is 35.0 Å². The van der Waals surface area contributed by atoms with E-state index in [2.05, 4.69) is 10.6 Å². The van der Waals surface area contributed by atoms with Crippen molar-refractivity contribution < 1.29 is 29.0 Å². The summed E-state index contributed by atoms with van der Waals surface area (Å²) in [6.45, 7) is -0.0578. The molecule has 1 spiro atoms. The lowest BCUT2D eigenvalue weighted by molar-refractivity contribution is -0.143. The molecule has 2 saturated heterocycles. The van der Waals surface area contributed by atoms with E-state index in [-0.39, 0.29) is 24.5 Å². The molecule has 3 aliphatic rings. The average molecular weight is 522 g/mol. The lowest BCUT2D eigenvalue weighted by Crippen LogP contribution is -2.53. The zero-order chi connectivity index (χ0) is 26.1. The Kier molecular flexibility index (Phi) is 5.25. The zero-order valence-electron chi connectivity index (χ0n) is 19.2. The Balaban J connectivity index is 1.44. The van der Waals surface area contributed by atoms with Gasteiger partial charge in [-0.05, 0) is 60.0 Å². The Morgan fingerprint density at radius 2 is 1.65 bits per heavy atom. The summed E-state index contributed by atoms with van der Waals surface area (Å²) in [5, 5.41) is 26.2. The highest BCUT2D eigenvalue weighted by Gasteiger charge is 2.70. The molecule has 0 bridgehead atoms. The largest absolute Gasteiger partial charge is 0.504 e. The summed E-state index contributed by atoms with van der Waals surface area (Å²) in [5.41, 5.74) is 0.635. The molecule has 4 atom stereocenters. The molecule has 0 aromatic heterocycles. The second-order valence-electron chi connectivity index (χ2n) is 9.62. The molecule has 10 heteroatoms. The number of hydrogen-bond acceptors (Lipinski definition) is 6. The third-order valence-corrected chi connectivity index (χ3v) is 7.75. The number of likely N-dealkylation sites (tertiary alicyclic amines) is 1. The molecule has 188 valence electrons. The number of amides is 3. The van der Waals surface area contributed by atoms with Crippen molar-refractivity contribution in [1.82, 2.24) is 10.2 Å². The lowest BCUT2D eigenvalue weighted by Gasteiger charge is -2.29. The molecular formula is C27H21ClFN3O5. The Morgan fingerprint density at radius 1 is 0.919 bits per heavy atom. The molecule has 2 fully saturated rings. The minimum absolute atomic E-state index is 0.0578. The second kappa shape index (κ2) is 8.29. The zero-order valence-corrected chi connectivity index (χ0v) is 20.0. The van der Waals surface area contributed by atoms with Gasteiger partial charge in [0.15, 0.2) is 11.5 Å². The number of anilines is 1. The topological polar surface area (TPSA) is 119 Å². The first-order valence-electron chi connectivity index (χ1n) is 11.7. The van der Waals surface area contributed by atoms with Gasteiger partial charge >= 0.3 is 0 Å². The van der Waals surface area contributed by atoms with Crippen molar-refractivity contribution in [3.63, 3.8) is 0 Å². The molecule has 3 aromatic carbocycles. The van der Waals surface area contributed by atoms with Crippen LogP contribution in [0.5, 0.6) is 11.5 Å². The van der Waals surface area contributed by atoms with E-state index in [4.69, 9.17) is 11.6 Å². The van der Waals surface area contributed by atoms with Gasteiger partial charge in [-0.2, -0.15) is 0 Å². The Hall–Kier alpha value is -3.95. The molecule has 0 aliphatic carbocycles. The number of phenolic OH excluding ortho intramolecular Hbond substituents is 2. The van der Waals surface area contributed by atoms with E-state index >= 15 is 0 Å². The second-order valence-corrected chi connectivity index (χ2v) is 10.1. The fourth-order valence-corrected chi connectivity index (χ4v) is 6.06. The SMILES string of the molecule is O=C1[C@@H]2[C@H](Cc3ccc(O)c(O)c3)N[C@]3(C(=O)Nc4ccc(Cl)cc43)[C@@H]2C(=O)N1Cc1ccc(F)cc1. The third kappa shape index (κ3) is 3.49. The summed E-state index contributed by atoms with van der Waals surface area (Å²) in [4.78, 5) is 42.3. The predicted octanol–water partition coefficient (Wildman–Crippen LogP) is 3.05. The number of nitrogens with zero attached hydrogens (tertiary/aromatic N) is 1. The number of carbonyl (C=O) groups excluding carboxylic acids is 3. The number of benzene rings is 3. The van der Waals surface area contributed by atoms with Crippen molar-refractivity contribution in [2.75, 3.05) is 5.32 Å². The number of aromatic hydroxyl groups is 2. The van der Waals surface area contributed by atoms with Gasteiger partial charge in [0.2, 0.25) is 17.7 Å². The monoisotopic (exact) mass is 521 g/mol. The molecular weight excluding hydrogens is 501 g/mol. The molecule has 3 amide bonds. The quantitative estimate of drug-likeness (QED) is 0.309. The summed E-state index contributed by atoms with van der Waals surface area (Å²) >= 11 is 6.28. The first-order valence-corrected chi connectivity index (χ1v) is 12.1. The van der Waals surface area contributed by atoms with Crippen molar-refractivity contribution in [3.05, 3.63) is 88.2 Å². The number of carbonyl (C=O) groups is 3. The molecule has 3 heterocycles. The summed E-state index contributed by atoms with van der Waals surface area (Å²) in [7, 11) is 0. The Bertz CT molecular complexity index is 1480. The molecule has 0 saturated carbocycles. The van der Waals surface area contributed by atoms with E-state index < -0.39 is 47.0 Å². The molecule has 3 aliphatic heterocycles. The summed E-state index contributed by atoms with van der Waals surface area (Å²) < 4.78 is 13.4. The minimum atomic E-state index is -1.53. The third-order valence-electron chi connectivity index (χ3n) is 7.52. The van der Waals surface area contributed by atoms with Crippen LogP contribution < -0.4 is 10.6 Å². The molecule has 0 unspecified atom stereocenters. The number of rotatable bonds is 4. The normalized spacial score (nSPS) is 26.1. The van der Waals surface area contributed by atoms with Crippen LogP contribution in [0.2, 0.25) is 5.02 Å². The molecule has 3 aromatic rings. The maximum absolute atomic E-state index is 13.9. The predicted molar refractivity (Wildman–Crippen MR) is 131 cm³/mol. The van der Waals surface area contributed by atoms with Gasteiger partial charge in [0.25, 0.3) is 0 Å². The van der Waals surface area contributed by atoms with Gasteiger partial charge in [0.05, 0.1) is 18.4 Å². The van der Waals surface area contributed by atoms with Crippen molar-refractivity contribution in [2.45, 2.75) is 24.5 Å². The van der Waals surface area contributed by atoms with E-state index in [9.17, 15) is 29.0 Å². The van der Waals surface area contributed by atoms with Gasteiger partial charge in [0.1, 0.15) is 11.4 Å². The van der Waals surface area contributed by atoms with Gasteiger partial charge in [0, 0.05) is 22.3 Å². The molecule has 4 N–H and O–H groups in total. The molecule has 6 rings (SSSR count). The van der Waals surface area contributed by atoms with Crippen molar-refractivity contribution in [1.29, 1.82) is 0 Å². The maximum atomic E-state index is 13.9. The van der Waals surface area contributed by atoms with E-state index in [1.54, 1.807) is 24.3 Å². The first kappa shape index (κ1) is 23.4. The van der Waals surface area contributed by atoms with Crippen LogP contribution in [0.15, 0.2) is 60.7 Å². The number of nitrogens with one attached hydrogen (secondary N) is 2. The van der Waals surface area contributed by atoms with Gasteiger partial charge in [-0.25, -0.2) is 4.39 Å². The smallest absolute Gasteiger partial charge is 0.250 e. The Labute approximate surface area is 215 Å². The fraction of sp³-hybridized carbons (Fsp3) is 0.222. The summed E-state index contributed by atoms with van der Waals surface area (Å²) in [6.07, 6.45) is 0.198. The van der Waals surface area contributed by atoms with Crippen LogP contribution in [0, 0.1) is 17.7 Å². The number of imide groups is 1. The highest BCUT2D eigenvalue weighted by molar-refractivity contribution is 6.31. The standard InChI is InChI=1S/C27H21ClFN3O5/c28-15-4-7-18-17(11-15)27(26(37)30-18)23-22(19(31-27)9-14-3-8-20(33)21(34)10-14)24(35)32(25(23)36)12-13-1-5-16(29)6-2-13/h1-8,10-11,19,22-23,31,33-34H,9,12H2,(H,30,37)/t19-,22+,23-,27-/m0/s1. The van der Waals surface area contributed by atoms with Crippen LogP contribution in [0.4, 0.5) is 10.1 Å². The van der Waals surface area contributed by atoms with Crippen molar-refractivity contribution in [2.24, 2.45) is 11.8 Å². The van der Waals surface area contributed by atoms with Crippen LogP contribution in [0.1, 0.15) is 16.7 Å². The van der Waals surface area contributed by atoms with Crippen LogP contribution >= 0.6 is 11.6 Å². The molecule has 8 nitrogen and oxygen atoms in total. The first-order chi connectivity index (χ1) is 17.7. The van der Waals surface area contributed by atoms with Gasteiger partial charge in [-0.1, -0.05) is 29.8 Å². The number of halogens is 2. The highest BCUT2D eigenvalue weighted by Crippen LogP contribution is 2.54. The number of fused-ring (bicyclic) bond motifs is 4. The summed E-state index contributed by atoms with van der Waals surface area (Å²) in [6, 6.07) is 14.1. The average Bonchev–Trinajstić information content (AvgIpc) is 3.43. The minimum Gasteiger partial charge on any atom is -0.504 e. The number of hydrogen-bond donors (Lipinski definition) is 4. The van der Waals surface area contributed by atoms with E-state index in [0.717, 1.165) is 4.90 Å². The Morgan fingerprint density at radius 3 is 2.38 bits per heavy atom. The van der Waals surface area contributed by atoms with Crippen LogP contribution in [0.25, 0.3) is 0 Å². The molecule has 0 radical (unpaired) electrons. The van der Waals surface area contributed by atoms with Crippen LogP contribution in [-0.4, -0.2) is 38.9 Å². The van der Waals surface area contributed by atoms with Crippen LogP contribution in [0.3, 0.4) is 0 Å². The van der Waals surface area contributed by atoms with Gasteiger partial charge < -0.3 is 15.5 Å². The summed E-state index contributed by atoms with van der Waals surface area (Å²) in [5.74, 6) is -4.38. The van der Waals surface area contributed by atoms with E-state index in [1.807, 2.05) is 0 Å². The van der Waals surface area contributed by atoms with Crippen molar-refractivity contribution in [3.8, 4) is 11.5 Å². The molecule has 37 heavy (non-hydrogen) atoms. The van der Waals surface area contributed by atoms with E-state index in [1.165, 1.54) is 36.4 Å². The fourth-order valence-electron chi connectivity index (χ4n) is 5.89. The lowest BCUT2D eigenvalue weighted by atomic mass is 9.76. The van der Waals surface area contributed by atoms with E-state index in [0.29, 0.717) is 27.4 Å². The maximum Gasteiger partial charge on any atom is 0.250 e. The van der Waals surface area contributed by atoms with Gasteiger partial charge in [-0.15, -0.1) is 0 Å². The van der Waals surface area contributed by atoms with Crippen LogP contribution in [-0.2, 0) is 32.9 Å². The van der Waals surface area contributed by atoms with Gasteiger partial charge in [-0.3, -0.25) is 24.6 Å². The highest BCUT2D eigenvalue weighted by atomic mass is 35.5.